The Morgan fingerprint density at radius 3 is 2.75 bits per heavy atom. The van der Waals surface area contributed by atoms with Crippen molar-refractivity contribution in [3.8, 4) is 0 Å². The number of rotatable bonds is 5. The van der Waals surface area contributed by atoms with Crippen LogP contribution in [0.4, 0.5) is 11.6 Å². The Bertz CT molecular complexity index is 466. The first-order chi connectivity index (χ1) is 9.69. The Balaban J connectivity index is 2.34. The number of unbranched alkanes of at least 4 members (excludes halogenated alkanes) is 1. The zero-order chi connectivity index (χ0) is 14.5. The number of hydrogen-bond acceptors (Lipinski definition) is 6. The SMILES string of the molecule is CCCCn1nc(N2CCNCC2)c(C(=O)OC)c1N. The molecule has 2 rings (SSSR count). The molecule has 1 fully saturated rings. The zero-order valence-electron chi connectivity index (χ0n) is 12.2. The Hall–Kier alpha value is -1.76. The monoisotopic (exact) mass is 281 g/mol. The molecule has 0 amide bonds. The number of nitrogen functional groups attached to an aromatic ring is 1. The quantitative estimate of drug-likeness (QED) is 0.763. The van der Waals surface area contributed by atoms with Crippen LogP contribution < -0.4 is 16.0 Å². The number of nitrogens with zero attached hydrogens (tertiary/aromatic N) is 3. The third kappa shape index (κ3) is 2.87. The summed E-state index contributed by atoms with van der Waals surface area (Å²) in [4.78, 5) is 14.1. The van der Waals surface area contributed by atoms with Gasteiger partial charge in [-0.3, -0.25) is 0 Å². The van der Waals surface area contributed by atoms with E-state index in [1.807, 2.05) is 0 Å². The first-order valence-corrected chi connectivity index (χ1v) is 7.09. The Morgan fingerprint density at radius 1 is 1.45 bits per heavy atom. The van der Waals surface area contributed by atoms with Gasteiger partial charge < -0.3 is 20.7 Å². The van der Waals surface area contributed by atoms with Crippen molar-refractivity contribution in [2.24, 2.45) is 0 Å². The first kappa shape index (κ1) is 14.6. The summed E-state index contributed by atoms with van der Waals surface area (Å²) in [7, 11) is 1.37. The minimum atomic E-state index is -0.418. The number of piperazine rings is 1. The molecule has 0 aromatic carbocycles. The molecule has 0 unspecified atom stereocenters. The van der Waals surface area contributed by atoms with E-state index in [0.29, 0.717) is 17.2 Å². The van der Waals surface area contributed by atoms with Crippen LogP contribution in [-0.2, 0) is 11.3 Å². The fraction of sp³-hybridized carbons (Fsp3) is 0.692. The lowest BCUT2D eigenvalue weighted by Crippen LogP contribution is -2.44. The van der Waals surface area contributed by atoms with Gasteiger partial charge in [0.25, 0.3) is 0 Å². The van der Waals surface area contributed by atoms with Crippen molar-refractivity contribution in [1.82, 2.24) is 15.1 Å². The molecule has 0 saturated carbocycles. The van der Waals surface area contributed by atoms with Gasteiger partial charge >= 0.3 is 5.97 Å². The van der Waals surface area contributed by atoms with Gasteiger partial charge in [-0.2, -0.15) is 5.10 Å². The fourth-order valence-corrected chi connectivity index (χ4v) is 2.34. The second-order valence-electron chi connectivity index (χ2n) is 4.89. The van der Waals surface area contributed by atoms with Gasteiger partial charge in [0.2, 0.25) is 0 Å². The lowest BCUT2D eigenvalue weighted by atomic mass is 10.2. The number of anilines is 2. The van der Waals surface area contributed by atoms with E-state index in [9.17, 15) is 4.79 Å². The van der Waals surface area contributed by atoms with Gasteiger partial charge in [-0.1, -0.05) is 13.3 Å². The molecular formula is C13H23N5O2. The van der Waals surface area contributed by atoms with Crippen molar-refractivity contribution in [2.45, 2.75) is 26.3 Å². The van der Waals surface area contributed by atoms with E-state index >= 15 is 0 Å². The van der Waals surface area contributed by atoms with Gasteiger partial charge in [-0.25, -0.2) is 9.48 Å². The van der Waals surface area contributed by atoms with Crippen LogP contribution >= 0.6 is 0 Å². The van der Waals surface area contributed by atoms with Gasteiger partial charge in [-0.15, -0.1) is 0 Å². The molecule has 7 nitrogen and oxygen atoms in total. The number of nitrogens with two attached hydrogens (primary N) is 1. The van der Waals surface area contributed by atoms with E-state index < -0.39 is 5.97 Å². The van der Waals surface area contributed by atoms with E-state index in [1.165, 1.54) is 7.11 Å². The second kappa shape index (κ2) is 6.60. The summed E-state index contributed by atoms with van der Waals surface area (Å²) in [5.74, 6) is 0.629. The maximum atomic E-state index is 12.0. The predicted octanol–water partition coefficient (Wildman–Crippen LogP) is 0.462. The van der Waals surface area contributed by atoms with Gasteiger partial charge in [-0.05, 0) is 6.42 Å². The van der Waals surface area contributed by atoms with E-state index in [-0.39, 0.29) is 0 Å². The molecule has 1 aliphatic heterocycles. The maximum Gasteiger partial charge on any atom is 0.345 e. The molecule has 0 aliphatic carbocycles. The normalized spacial score (nSPS) is 15.4. The number of aryl methyl sites for hydroxylation is 1. The molecule has 1 aromatic rings. The van der Waals surface area contributed by atoms with E-state index in [0.717, 1.165) is 45.6 Å². The summed E-state index contributed by atoms with van der Waals surface area (Å²) in [5.41, 5.74) is 6.48. The average molecular weight is 281 g/mol. The summed E-state index contributed by atoms with van der Waals surface area (Å²) in [6.45, 7) is 6.21. The van der Waals surface area contributed by atoms with Crippen LogP contribution in [-0.4, -0.2) is 49.0 Å². The lowest BCUT2D eigenvalue weighted by molar-refractivity contribution is 0.0602. The summed E-state index contributed by atoms with van der Waals surface area (Å²) >= 11 is 0. The minimum Gasteiger partial charge on any atom is -0.465 e. The van der Waals surface area contributed by atoms with Gasteiger partial charge in [0, 0.05) is 32.7 Å². The number of nitrogens with one attached hydrogen (secondary N) is 1. The summed E-state index contributed by atoms with van der Waals surface area (Å²) in [5, 5.41) is 7.81. The zero-order valence-corrected chi connectivity index (χ0v) is 12.2. The molecule has 112 valence electrons. The highest BCUT2D eigenvalue weighted by atomic mass is 16.5. The Labute approximate surface area is 119 Å². The van der Waals surface area contributed by atoms with Gasteiger partial charge in [0.15, 0.2) is 5.82 Å². The maximum absolute atomic E-state index is 12.0. The number of esters is 1. The van der Waals surface area contributed by atoms with Gasteiger partial charge in [0.05, 0.1) is 7.11 Å². The molecule has 2 heterocycles. The summed E-state index contributed by atoms with van der Waals surface area (Å²) in [6.07, 6.45) is 2.03. The summed E-state index contributed by atoms with van der Waals surface area (Å²) < 4.78 is 6.57. The molecule has 1 aromatic heterocycles. The minimum absolute atomic E-state index is 0.394. The van der Waals surface area contributed by atoms with Crippen molar-refractivity contribution in [2.75, 3.05) is 43.9 Å². The third-order valence-corrected chi connectivity index (χ3v) is 3.50. The molecule has 0 spiro atoms. The molecule has 0 atom stereocenters. The highest BCUT2D eigenvalue weighted by Crippen LogP contribution is 2.26. The van der Waals surface area contributed by atoms with Crippen LogP contribution in [0.15, 0.2) is 0 Å². The van der Waals surface area contributed by atoms with Crippen LogP contribution in [0.3, 0.4) is 0 Å². The van der Waals surface area contributed by atoms with Crippen LogP contribution in [0.2, 0.25) is 0 Å². The molecule has 0 bridgehead atoms. The fourth-order valence-electron chi connectivity index (χ4n) is 2.34. The van der Waals surface area contributed by atoms with E-state index in [2.05, 4.69) is 22.2 Å². The van der Waals surface area contributed by atoms with Crippen LogP contribution in [0, 0.1) is 0 Å². The van der Waals surface area contributed by atoms with Crippen molar-refractivity contribution in [1.29, 1.82) is 0 Å². The Kier molecular flexibility index (Phi) is 4.84. The number of aromatic nitrogens is 2. The third-order valence-electron chi connectivity index (χ3n) is 3.50. The predicted molar refractivity (Wildman–Crippen MR) is 78.0 cm³/mol. The molecule has 3 N–H and O–H groups in total. The van der Waals surface area contributed by atoms with Crippen molar-refractivity contribution in [3.63, 3.8) is 0 Å². The molecule has 1 saturated heterocycles. The highest BCUT2D eigenvalue weighted by Gasteiger charge is 2.27. The van der Waals surface area contributed by atoms with Crippen molar-refractivity contribution < 1.29 is 9.53 Å². The first-order valence-electron chi connectivity index (χ1n) is 7.09. The molecular weight excluding hydrogens is 258 g/mol. The number of carbonyl (C=O) groups excluding carboxylic acids is 1. The Morgan fingerprint density at radius 2 is 2.15 bits per heavy atom. The molecule has 1 aliphatic rings. The number of carbonyl (C=O) groups is 1. The average Bonchev–Trinajstić information content (AvgIpc) is 2.82. The van der Waals surface area contributed by atoms with E-state index in [1.54, 1.807) is 4.68 Å². The van der Waals surface area contributed by atoms with Crippen LogP contribution in [0.25, 0.3) is 0 Å². The number of ether oxygens (including phenoxy) is 1. The van der Waals surface area contributed by atoms with Crippen LogP contribution in [0.1, 0.15) is 30.1 Å². The molecule has 0 radical (unpaired) electrons. The van der Waals surface area contributed by atoms with Crippen molar-refractivity contribution >= 4 is 17.6 Å². The van der Waals surface area contributed by atoms with Crippen molar-refractivity contribution in [3.05, 3.63) is 5.56 Å². The lowest BCUT2D eigenvalue weighted by Gasteiger charge is -2.27. The molecule has 20 heavy (non-hydrogen) atoms. The topological polar surface area (TPSA) is 85.4 Å². The largest absolute Gasteiger partial charge is 0.465 e. The van der Waals surface area contributed by atoms with Crippen LogP contribution in [0.5, 0.6) is 0 Å². The number of methoxy groups -OCH3 is 1. The second-order valence-corrected chi connectivity index (χ2v) is 4.89. The van der Waals surface area contributed by atoms with E-state index in [4.69, 9.17) is 10.5 Å². The highest BCUT2D eigenvalue weighted by molar-refractivity contribution is 5.99. The standard InChI is InChI=1S/C13H23N5O2/c1-3-4-7-18-11(14)10(13(19)20-2)12(16-18)17-8-5-15-6-9-17/h15H,3-9,14H2,1-2H3. The number of hydrogen-bond donors (Lipinski definition) is 2. The van der Waals surface area contributed by atoms with Gasteiger partial charge in [0.1, 0.15) is 11.4 Å². The summed E-state index contributed by atoms with van der Waals surface area (Å²) in [6, 6.07) is 0. The smallest absolute Gasteiger partial charge is 0.345 e. The molecule has 7 heteroatoms.